The Hall–Kier alpha value is -10.0. The average molecular weight is 991 g/mol. The SMILES string of the molecule is c1ccc(-c2ccc(N3B4c5c(cc6c7c5-c5c(cccc5N(c5ccc(-c8ccccc8)cc5)B7N(c5ccc(-c7ccccc7)cc5)c5ccccc5-6)N4c4ccc(-c5ccccc5)cc4)-c4ccccc43)cc2)cc1. The average Bonchev–Trinajstić information content (AvgIpc) is 2.05. The van der Waals surface area contributed by atoms with Gasteiger partial charge in [-0.3, -0.25) is 0 Å². The lowest BCUT2D eigenvalue weighted by atomic mass is 9.45. The molecule has 0 aliphatic carbocycles. The number of benzene rings is 12. The normalized spacial score (nSPS) is 13.2. The maximum atomic E-state index is 2.64. The van der Waals surface area contributed by atoms with Gasteiger partial charge in [0, 0.05) is 62.2 Å². The van der Waals surface area contributed by atoms with Crippen molar-refractivity contribution in [2.24, 2.45) is 0 Å². The molecule has 4 nitrogen and oxygen atoms in total. The van der Waals surface area contributed by atoms with Crippen LogP contribution in [0, 0.1) is 0 Å². The highest BCUT2D eigenvalue weighted by Gasteiger charge is 2.55. The summed E-state index contributed by atoms with van der Waals surface area (Å²) in [6, 6.07) is 108. The zero-order valence-electron chi connectivity index (χ0n) is 42.7. The molecule has 6 heteroatoms. The van der Waals surface area contributed by atoms with Gasteiger partial charge in [-0.1, -0.05) is 212 Å². The van der Waals surface area contributed by atoms with Gasteiger partial charge in [-0.25, -0.2) is 0 Å². The summed E-state index contributed by atoms with van der Waals surface area (Å²) in [6.45, 7) is -0.535. The van der Waals surface area contributed by atoms with Crippen molar-refractivity contribution in [3.05, 3.63) is 291 Å². The van der Waals surface area contributed by atoms with Crippen LogP contribution in [-0.2, 0) is 0 Å². The molecule has 0 bridgehead atoms. The molecule has 0 atom stereocenters. The number of rotatable bonds is 8. The first-order valence-corrected chi connectivity index (χ1v) is 27.1. The summed E-state index contributed by atoms with van der Waals surface area (Å²) in [5, 5.41) is 0. The fourth-order valence-corrected chi connectivity index (χ4v) is 13.2. The van der Waals surface area contributed by atoms with E-state index in [1.54, 1.807) is 0 Å². The maximum Gasteiger partial charge on any atom is 0.421 e. The minimum Gasteiger partial charge on any atom is -0.361 e. The molecule has 0 N–H and O–H groups in total. The summed E-state index contributed by atoms with van der Waals surface area (Å²) in [7, 11) is 0. The third-order valence-corrected chi connectivity index (χ3v) is 16.6. The lowest BCUT2D eigenvalue weighted by Crippen LogP contribution is -2.68. The van der Waals surface area contributed by atoms with E-state index in [9.17, 15) is 0 Å². The topological polar surface area (TPSA) is 13.0 Å². The smallest absolute Gasteiger partial charge is 0.361 e. The van der Waals surface area contributed by atoms with Crippen LogP contribution in [0.4, 0.5) is 45.5 Å². The molecule has 0 saturated heterocycles. The molecule has 0 unspecified atom stereocenters. The van der Waals surface area contributed by atoms with Crippen molar-refractivity contribution in [1.82, 2.24) is 0 Å². The molecule has 12 aromatic carbocycles. The van der Waals surface area contributed by atoms with E-state index < -0.39 is 0 Å². The largest absolute Gasteiger partial charge is 0.421 e. The van der Waals surface area contributed by atoms with E-state index >= 15 is 0 Å². The van der Waals surface area contributed by atoms with Crippen LogP contribution in [0.5, 0.6) is 0 Å². The van der Waals surface area contributed by atoms with Crippen molar-refractivity contribution in [2.75, 3.05) is 19.2 Å². The van der Waals surface area contributed by atoms with Crippen LogP contribution in [0.25, 0.3) is 77.9 Å². The maximum absolute atomic E-state index is 2.64. The Morgan fingerprint density at radius 1 is 0.192 bits per heavy atom. The van der Waals surface area contributed by atoms with Crippen LogP contribution in [0.1, 0.15) is 0 Å². The molecule has 0 amide bonds. The Balaban J connectivity index is 0.989. The first-order chi connectivity index (χ1) is 38.7. The number of hydrogen-bond donors (Lipinski definition) is 0. The molecule has 4 aliphatic heterocycles. The van der Waals surface area contributed by atoms with Crippen LogP contribution in [0.2, 0.25) is 0 Å². The van der Waals surface area contributed by atoms with Gasteiger partial charge in [-0.05, 0) is 151 Å². The van der Waals surface area contributed by atoms with Gasteiger partial charge in [-0.15, -0.1) is 0 Å². The van der Waals surface area contributed by atoms with Crippen molar-refractivity contribution in [3.63, 3.8) is 0 Å². The van der Waals surface area contributed by atoms with Gasteiger partial charge in [-0.2, -0.15) is 0 Å². The number of hydrogen-bond acceptors (Lipinski definition) is 4. The quantitative estimate of drug-likeness (QED) is 0.141. The Morgan fingerprint density at radius 3 is 0.769 bits per heavy atom. The van der Waals surface area contributed by atoms with Gasteiger partial charge in [0.25, 0.3) is 0 Å². The third-order valence-electron chi connectivity index (χ3n) is 16.6. The summed E-state index contributed by atoms with van der Waals surface area (Å²) in [6.07, 6.45) is 0. The highest BCUT2D eigenvalue weighted by atomic mass is 15.3. The van der Waals surface area contributed by atoms with Gasteiger partial charge >= 0.3 is 14.0 Å². The molecule has 0 saturated carbocycles. The van der Waals surface area contributed by atoms with E-state index in [0.29, 0.717) is 0 Å². The highest BCUT2D eigenvalue weighted by Crippen LogP contribution is 2.57. The van der Waals surface area contributed by atoms with Gasteiger partial charge in [0.15, 0.2) is 0 Å². The summed E-state index contributed by atoms with van der Waals surface area (Å²) in [5.74, 6) is 0. The van der Waals surface area contributed by atoms with E-state index in [1.807, 2.05) is 0 Å². The van der Waals surface area contributed by atoms with Crippen LogP contribution >= 0.6 is 0 Å². The lowest BCUT2D eigenvalue weighted by Gasteiger charge is -2.54. The van der Waals surface area contributed by atoms with E-state index in [-0.39, 0.29) is 14.0 Å². The molecule has 12 aromatic rings. The van der Waals surface area contributed by atoms with Gasteiger partial charge < -0.3 is 19.2 Å². The van der Waals surface area contributed by atoms with E-state index in [0.717, 1.165) is 22.7 Å². The highest BCUT2D eigenvalue weighted by molar-refractivity contribution is 6.92. The third kappa shape index (κ3) is 6.83. The van der Waals surface area contributed by atoms with Gasteiger partial charge in [0.2, 0.25) is 0 Å². The standard InChI is InChI=1S/C72H48B2N4/c1-5-18-49(19-6-1)53-32-40-57(41-33-53)75-65-28-15-13-26-61(65)63-48-64-62-27-14-16-29-66(62)76(58-42-34-54(35-43-58)50-20-7-2-8-21-50)74-72(64)70-69-67(77(73(75)71(63)70)59-44-36-55(37-45-59)51-22-9-3-10-23-51)30-17-31-68(69)78(74)60-46-38-56(39-47-60)52-24-11-4-12-25-52/h1-48H. The lowest BCUT2D eigenvalue weighted by molar-refractivity contribution is 1.23. The predicted molar refractivity (Wildman–Crippen MR) is 330 cm³/mol. The molecular weight excluding hydrogens is 942 g/mol. The van der Waals surface area contributed by atoms with E-state index in [4.69, 9.17) is 0 Å². The molecular formula is C72H48B2N4. The minimum atomic E-state index is -0.267. The number of anilines is 8. The molecule has 16 rings (SSSR count). The molecule has 0 radical (unpaired) electrons. The summed E-state index contributed by atoms with van der Waals surface area (Å²) in [5.41, 5.74) is 28.9. The Morgan fingerprint density at radius 2 is 0.449 bits per heavy atom. The summed E-state index contributed by atoms with van der Waals surface area (Å²) >= 11 is 0. The van der Waals surface area contributed by atoms with Crippen molar-refractivity contribution < 1.29 is 0 Å². The second-order valence-electron chi connectivity index (χ2n) is 20.8. The van der Waals surface area contributed by atoms with Crippen LogP contribution in [0.3, 0.4) is 0 Å². The Bertz CT molecular complexity index is 3980. The molecule has 78 heavy (non-hydrogen) atoms. The van der Waals surface area contributed by atoms with Crippen molar-refractivity contribution in [2.45, 2.75) is 0 Å². The second kappa shape index (κ2) is 17.8. The van der Waals surface area contributed by atoms with Crippen LogP contribution in [-0.4, -0.2) is 14.0 Å². The second-order valence-corrected chi connectivity index (χ2v) is 20.8. The molecule has 0 fully saturated rings. The van der Waals surface area contributed by atoms with Crippen molar-refractivity contribution in [1.29, 1.82) is 0 Å². The first-order valence-electron chi connectivity index (χ1n) is 27.1. The summed E-state index contributed by atoms with van der Waals surface area (Å²) in [4.78, 5) is 10.5. The molecule has 0 aromatic heterocycles. The fourth-order valence-electron chi connectivity index (χ4n) is 13.2. The minimum absolute atomic E-state index is 0.267. The van der Waals surface area contributed by atoms with Crippen molar-refractivity contribution >= 4 is 70.4 Å². The molecule has 4 aliphatic rings. The monoisotopic (exact) mass is 990 g/mol. The van der Waals surface area contributed by atoms with E-state index in [2.05, 4.69) is 310 Å². The zero-order valence-corrected chi connectivity index (χ0v) is 42.7. The number of fused-ring (bicyclic) bond motifs is 4. The molecule has 4 heterocycles. The van der Waals surface area contributed by atoms with Gasteiger partial charge in [0.1, 0.15) is 0 Å². The first kappa shape index (κ1) is 44.3. The predicted octanol–water partition coefficient (Wildman–Crippen LogP) is 17.4. The Kier molecular flexibility index (Phi) is 10.1. The van der Waals surface area contributed by atoms with E-state index in [1.165, 1.54) is 112 Å². The molecule has 0 spiro atoms. The van der Waals surface area contributed by atoms with Crippen LogP contribution in [0.15, 0.2) is 291 Å². The number of nitrogens with zero attached hydrogens (tertiary/aromatic N) is 4. The Labute approximate surface area is 456 Å². The fraction of sp³-hybridized carbons (Fsp3) is 0. The van der Waals surface area contributed by atoms with Crippen molar-refractivity contribution in [3.8, 4) is 77.9 Å². The van der Waals surface area contributed by atoms with Gasteiger partial charge in [0.05, 0.1) is 0 Å². The zero-order chi connectivity index (χ0) is 51.3. The molecule has 362 valence electrons. The van der Waals surface area contributed by atoms with Crippen LogP contribution < -0.4 is 30.2 Å². The number of para-hydroxylation sites is 2. The summed E-state index contributed by atoms with van der Waals surface area (Å²) < 4.78 is 0.